The van der Waals surface area contributed by atoms with Gasteiger partial charge in [0.15, 0.2) is 0 Å². The van der Waals surface area contributed by atoms with Crippen LogP contribution in [0.5, 0.6) is 0 Å². The van der Waals surface area contributed by atoms with E-state index in [0.717, 1.165) is 5.57 Å². The van der Waals surface area contributed by atoms with Crippen molar-refractivity contribution in [3.05, 3.63) is 12.2 Å². The van der Waals surface area contributed by atoms with Gasteiger partial charge in [0.1, 0.15) is 5.78 Å². The summed E-state index contributed by atoms with van der Waals surface area (Å²) >= 11 is 0. The molecule has 0 aliphatic rings. The monoisotopic (exact) mass is 208 g/mol. The minimum atomic E-state index is -4.43. The van der Waals surface area contributed by atoms with Crippen LogP contribution < -0.4 is 0 Å². The van der Waals surface area contributed by atoms with E-state index < -0.39 is 7.82 Å². The second-order valence-corrected chi connectivity index (χ2v) is 3.99. The molecule has 2 N–H and O–H groups in total. The maximum atomic E-state index is 10.9. The van der Waals surface area contributed by atoms with Crippen molar-refractivity contribution < 1.29 is 23.7 Å². The van der Waals surface area contributed by atoms with Gasteiger partial charge >= 0.3 is 7.82 Å². The molecular weight excluding hydrogens is 195 g/mol. The highest BCUT2D eigenvalue weighted by molar-refractivity contribution is 7.46. The van der Waals surface area contributed by atoms with E-state index in [4.69, 9.17) is 9.79 Å². The summed E-state index contributed by atoms with van der Waals surface area (Å²) < 4.78 is 14.3. The molecule has 13 heavy (non-hydrogen) atoms. The first-order chi connectivity index (χ1) is 5.81. The molecule has 0 spiro atoms. The average molecular weight is 208 g/mol. The van der Waals surface area contributed by atoms with Crippen LogP contribution in [0.1, 0.15) is 19.8 Å². The fourth-order valence-electron chi connectivity index (χ4n) is 0.703. The first-order valence-electron chi connectivity index (χ1n) is 3.67. The first-order valence-corrected chi connectivity index (χ1v) is 5.20. The third kappa shape index (κ3) is 9.43. The van der Waals surface area contributed by atoms with E-state index in [2.05, 4.69) is 11.1 Å². The van der Waals surface area contributed by atoms with Gasteiger partial charge in [-0.1, -0.05) is 12.2 Å². The summed E-state index contributed by atoms with van der Waals surface area (Å²) in [5.41, 5.74) is 0.723. The summed E-state index contributed by atoms with van der Waals surface area (Å²) in [7, 11) is -4.43. The van der Waals surface area contributed by atoms with Crippen molar-refractivity contribution in [3.63, 3.8) is 0 Å². The van der Waals surface area contributed by atoms with Crippen LogP contribution in [0.2, 0.25) is 0 Å². The lowest BCUT2D eigenvalue weighted by Crippen LogP contribution is -2.03. The zero-order valence-electron chi connectivity index (χ0n) is 7.39. The lowest BCUT2D eigenvalue weighted by atomic mass is 10.1. The van der Waals surface area contributed by atoms with Crippen molar-refractivity contribution in [2.24, 2.45) is 0 Å². The van der Waals surface area contributed by atoms with Gasteiger partial charge in [-0.05, 0) is 6.92 Å². The highest BCUT2D eigenvalue weighted by Crippen LogP contribution is 2.35. The van der Waals surface area contributed by atoms with Gasteiger partial charge in [-0.25, -0.2) is 4.57 Å². The molecule has 0 aromatic rings. The molecule has 0 rings (SSSR count). The number of phosphoric acid groups is 1. The molecule has 0 fully saturated rings. The Morgan fingerprint density at radius 1 is 1.54 bits per heavy atom. The molecule has 76 valence electrons. The van der Waals surface area contributed by atoms with Crippen molar-refractivity contribution in [1.29, 1.82) is 0 Å². The molecule has 6 heteroatoms. The molecule has 0 saturated carbocycles. The Morgan fingerprint density at radius 3 is 2.46 bits per heavy atom. The third-order valence-electron chi connectivity index (χ3n) is 1.14. The fraction of sp³-hybridized carbons (Fsp3) is 0.571. The van der Waals surface area contributed by atoms with Crippen LogP contribution in [-0.2, 0) is 13.9 Å². The van der Waals surface area contributed by atoms with E-state index in [1.165, 1.54) is 0 Å². The molecule has 0 aromatic heterocycles. The molecule has 0 heterocycles. The molecule has 0 unspecified atom stereocenters. The minimum Gasteiger partial charge on any atom is -0.303 e. The Kier molecular flexibility index (Phi) is 5.10. The van der Waals surface area contributed by atoms with Gasteiger partial charge in [-0.15, -0.1) is 0 Å². The molecule has 0 bridgehead atoms. The van der Waals surface area contributed by atoms with Crippen LogP contribution in [-0.4, -0.2) is 22.2 Å². The molecule has 0 radical (unpaired) electrons. The maximum absolute atomic E-state index is 10.9. The lowest BCUT2D eigenvalue weighted by molar-refractivity contribution is -0.118. The van der Waals surface area contributed by atoms with Gasteiger partial charge in [0, 0.05) is 12.8 Å². The Morgan fingerprint density at radius 2 is 2.08 bits per heavy atom. The topological polar surface area (TPSA) is 83.8 Å². The van der Waals surface area contributed by atoms with E-state index in [9.17, 15) is 9.36 Å². The predicted octanol–water partition coefficient (Wildman–Crippen LogP) is 1.02. The number of carbonyl (C=O) groups is 1. The lowest BCUT2D eigenvalue weighted by Gasteiger charge is -2.03. The van der Waals surface area contributed by atoms with E-state index in [1.54, 1.807) is 6.92 Å². The smallest absolute Gasteiger partial charge is 0.303 e. The van der Waals surface area contributed by atoms with Crippen LogP contribution in [0.15, 0.2) is 12.2 Å². The largest absolute Gasteiger partial charge is 0.469 e. The van der Waals surface area contributed by atoms with Gasteiger partial charge < -0.3 is 9.79 Å². The maximum Gasteiger partial charge on any atom is 0.469 e. The van der Waals surface area contributed by atoms with E-state index in [1.807, 2.05) is 0 Å². The van der Waals surface area contributed by atoms with E-state index >= 15 is 0 Å². The summed E-state index contributed by atoms with van der Waals surface area (Å²) in [5, 5.41) is 0. The van der Waals surface area contributed by atoms with Crippen LogP contribution >= 0.6 is 7.82 Å². The second-order valence-electron chi connectivity index (χ2n) is 2.75. The normalized spacial score (nSPS) is 11.3. The molecule has 5 nitrogen and oxygen atoms in total. The summed E-state index contributed by atoms with van der Waals surface area (Å²) in [4.78, 5) is 27.5. The molecule has 0 aromatic carbocycles. The van der Waals surface area contributed by atoms with Crippen molar-refractivity contribution in [2.45, 2.75) is 19.8 Å². The van der Waals surface area contributed by atoms with Crippen molar-refractivity contribution in [3.8, 4) is 0 Å². The highest BCUT2D eigenvalue weighted by atomic mass is 31.2. The SMILES string of the molecule is C=C(C)CC(=O)CCOP(=O)(O)O. The number of allylic oxidation sites excluding steroid dienone is 1. The number of hydrogen-bond donors (Lipinski definition) is 2. The standard InChI is InChI=1S/C7H13O5P/c1-6(2)5-7(8)3-4-12-13(9,10)11/h1,3-5H2,2H3,(H2,9,10,11). The average Bonchev–Trinajstić information content (AvgIpc) is 1.81. The zero-order chi connectivity index (χ0) is 10.5. The number of ketones is 1. The summed E-state index contributed by atoms with van der Waals surface area (Å²) in [6, 6.07) is 0. The number of Topliss-reactive ketones (excluding diaryl/α,β-unsaturated/α-hetero) is 1. The van der Waals surface area contributed by atoms with Gasteiger partial charge in [0.05, 0.1) is 6.61 Å². The Balaban J connectivity index is 3.60. The molecule has 0 aliphatic heterocycles. The molecule has 0 atom stereocenters. The predicted molar refractivity (Wildman–Crippen MR) is 47.1 cm³/mol. The van der Waals surface area contributed by atoms with Crippen molar-refractivity contribution in [2.75, 3.05) is 6.61 Å². The first kappa shape index (κ1) is 12.5. The van der Waals surface area contributed by atoms with Crippen LogP contribution in [0.4, 0.5) is 0 Å². The summed E-state index contributed by atoms with van der Waals surface area (Å²) in [6.45, 7) is 4.99. The highest BCUT2D eigenvalue weighted by Gasteiger charge is 2.14. The van der Waals surface area contributed by atoms with Crippen LogP contribution in [0.25, 0.3) is 0 Å². The molecular formula is C7H13O5P. The van der Waals surface area contributed by atoms with E-state index in [-0.39, 0.29) is 25.2 Å². The molecule has 0 aliphatic carbocycles. The van der Waals surface area contributed by atoms with Gasteiger partial charge in [-0.3, -0.25) is 9.32 Å². The minimum absolute atomic E-state index is 0.00201. The number of rotatable bonds is 6. The summed E-state index contributed by atoms with van der Waals surface area (Å²) in [6.07, 6.45) is 0.225. The molecule has 0 amide bonds. The molecule has 0 saturated heterocycles. The third-order valence-corrected chi connectivity index (χ3v) is 1.66. The van der Waals surface area contributed by atoms with Gasteiger partial charge in [-0.2, -0.15) is 0 Å². The van der Waals surface area contributed by atoms with E-state index in [0.29, 0.717) is 0 Å². The number of hydrogen-bond acceptors (Lipinski definition) is 3. The Bertz CT molecular complexity index is 241. The fourth-order valence-corrected chi connectivity index (χ4v) is 1.03. The van der Waals surface area contributed by atoms with Crippen molar-refractivity contribution >= 4 is 13.6 Å². The second kappa shape index (κ2) is 5.29. The van der Waals surface area contributed by atoms with Crippen LogP contribution in [0.3, 0.4) is 0 Å². The number of phosphoric ester groups is 1. The quantitative estimate of drug-likeness (QED) is 0.503. The Labute approximate surface area is 76.7 Å². The number of carbonyl (C=O) groups excluding carboxylic acids is 1. The summed E-state index contributed by atoms with van der Waals surface area (Å²) in [5.74, 6) is -0.138. The van der Waals surface area contributed by atoms with Crippen LogP contribution in [0, 0.1) is 0 Å². The van der Waals surface area contributed by atoms with Crippen molar-refractivity contribution in [1.82, 2.24) is 0 Å². The van der Waals surface area contributed by atoms with Gasteiger partial charge in [0.2, 0.25) is 0 Å². The zero-order valence-corrected chi connectivity index (χ0v) is 8.29. The Hall–Kier alpha value is -0.480. The van der Waals surface area contributed by atoms with Gasteiger partial charge in [0.25, 0.3) is 0 Å².